The molecule has 0 radical (unpaired) electrons. The lowest BCUT2D eigenvalue weighted by atomic mass is 10.00. The molecule has 1 aromatic heterocycles. The number of aromatic nitrogens is 1. The van der Waals surface area contributed by atoms with Crippen LogP contribution in [-0.2, 0) is 20.0 Å². The van der Waals surface area contributed by atoms with Crippen LogP contribution in [0, 0.1) is 0 Å². The third-order valence-electron chi connectivity index (χ3n) is 4.15. The number of benzene rings is 1. The quantitative estimate of drug-likeness (QED) is 0.443. The molecule has 0 saturated heterocycles. The molecular formula is C16H20N8O4S2. The lowest BCUT2D eigenvalue weighted by Gasteiger charge is -2.18. The van der Waals surface area contributed by atoms with Crippen LogP contribution < -0.4 is 21.3 Å². The van der Waals surface area contributed by atoms with E-state index in [0.717, 1.165) is 6.07 Å². The first-order valence-corrected chi connectivity index (χ1v) is 11.6. The van der Waals surface area contributed by atoms with Gasteiger partial charge in [0.25, 0.3) is 0 Å². The molecule has 30 heavy (non-hydrogen) atoms. The molecule has 2 aromatic rings. The Bertz CT molecular complexity index is 1260. The number of amidine groups is 1. The standard InChI is InChI=1S/C16H20N8O4S2/c1-9(5-17)24-30(27,28)13-3-2-12(10-4-11(18)7-20-6-10)14(15(13)29(19,25)26)16-21-8-22-23-16/h2-4,6-7,9,24H,5,8,17-18H2,1H3,(H2,19,25,26)/t9-/m1/s1. The van der Waals surface area contributed by atoms with Crippen LogP contribution in [0.25, 0.3) is 11.1 Å². The van der Waals surface area contributed by atoms with E-state index in [1.807, 2.05) is 0 Å². The van der Waals surface area contributed by atoms with Crippen LogP contribution in [0.5, 0.6) is 0 Å². The molecule has 1 aliphatic heterocycles. The van der Waals surface area contributed by atoms with Gasteiger partial charge in [-0.25, -0.2) is 31.7 Å². The van der Waals surface area contributed by atoms with Crippen LogP contribution in [0.3, 0.4) is 0 Å². The van der Waals surface area contributed by atoms with Crippen molar-refractivity contribution in [3.8, 4) is 11.1 Å². The van der Waals surface area contributed by atoms with Gasteiger partial charge in [-0.2, -0.15) is 5.11 Å². The zero-order chi connectivity index (χ0) is 22.1. The van der Waals surface area contributed by atoms with Crippen molar-refractivity contribution in [2.45, 2.75) is 22.8 Å². The number of nitrogens with zero attached hydrogens (tertiary/aromatic N) is 4. The number of nitrogen functional groups attached to an aromatic ring is 1. The minimum Gasteiger partial charge on any atom is -0.397 e. The number of hydrogen-bond acceptors (Lipinski definition) is 10. The maximum atomic E-state index is 12.9. The molecule has 160 valence electrons. The fourth-order valence-electron chi connectivity index (χ4n) is 2.86. The van der Waals surface area contributed by atoms with Crippen molar-refractivity contribution in [2.24, 2.45) is 26.1 Å². The molecule has 0 spiro atoms. The lowest BCUT2D eigenvalue weighted by Crippen LogP contribution is -2.38. The van der Waals surface area contributed by atoms with Crippen molar-refractivity contribution in [3.63, 3.8) is 0 Å². The molecule has 1 atom stereocenters. The number of aliphatic imine (C=N–C) groups is 1. The second kappa shape index (κ2) is 8.16. The SMILES string of the molecule is C[C@H](CN)NS(=O)(=O)c1ccc(-c2cncc(N)c2)c(C2=NCN=N2)c1S(N)(=O)=O. The minimum atomic E-state index is -4.55. The number of azo groups is 1. The lowest BCUT2D eigenvalue weighted by molar-refractivity contribution is 0.557. The number of anilines is 1. The van der Waals surface area contributed by atoms with E-state index in [1.54, 1.807) is 6.07 Å². The Hall–Kier alpha value is -2.78. The van der Waals surface area contributed by atoms with Crippen molar-refractivity contribution in [1.82, 2.24) is 9.71 Å². The van der Waals surface area contributed by atoms with E-state index in [2.05, 4.69) is 24.9 Å². The fraction of sp³-hybridized carbons (Fsp3) is 0.250. The minimum absolute atomic E-state index is 0.00472. The number of rotatable bonds is 7. The van der Waals surface area contributed by atoms with Crippen LogP contribution in [0.2, 0.25) is 0 Å². The van der Waals surface area contributed by atoms with Crippen LogP contribution in [0.1, 0.15) is 12.5 Å². The van der Waals surface area contributed by atoms with Crippen molar-refractivity contribution < 1.29 is 16.8 Å². The topological polar surface area (TPSA) is 208 Å². The van der Waals surface area contributed by atoms with Gasteiger partial charge in [-0.15, -0.1) is 5.11 Å². The second-order valence-corrected chi connectivity index (χ2v) is 9.67. The third kappa shape index (κ3) is 4.36. The van der Waals surface area contributed by atoms with Crippen LogP contribution in [0.4, 0.5) is 5.69 Å². The molecule has 1 aliphatic rings. The summed E-state index contributed by atoms with van der Waals surface area (Å²) >= 11 is 0. The maximum absolute atomic E-state index is 12.9. The number of nitrogens with one attached hydrogen (secondary N) is 1. The number of nitrogens with two attached hydrogens (primary N) is 3. The molecule has 2 heterocycles. The van der Waals surface area contributed by atoms with Gasteiger partial charge < -0.3 is 11.5 Å². The van der Waals surface area contributed by atoms with Gasteiger partial charge in [-0.05, 0) is 24.6 Å². The summed E-state index contributed by atoms with van der Waals surface area (Å²) in [6.45, 7) is 1.51. The molecule has 0 amide bonds. The number of hydrogen-bond donors (Lipinski definition) is 4. The highest BCUT2D eigenvalue weighted by atomic mass is 32.2. The molecular weight excluding hydrogens is 432 g/mol. The second-order valence-electron chi connectivity index (χ2n) is 6.49. The Balaban J connectivity index is 2.40. The number of pyridine rings is 1. The van der Waals surface area contributed by atoms with Gasteiger partial charge in [0.1, 0.15) is 9.79 Å². The van der Waals surface area contributed by atoms with Crippen molar-refractivity contribution in [1.29, 1.82) is 0 Å². The summed E-state index contributed by atoms with van der Waals surface area (Å²) in [4.78, 5) is 6.86. The Morgan fingerprint density at radius 1 is 1.20 bits per heavy atom. The Labute approximate surface area is 173 Å². The van der Waals surface area contributed by atoms with Crippen LogP contribution in [-0.4, -0.2) is 46.9 Å². The highest BCUT2D eigenvalue weighted by Gasteiger charge is 2.33. The molecule has 7 N–H and O–H groups in total. The predicted molar refractivity (Wildman–Crippen MR) is 111 cm³/mol. The summed E-state index contributed by atoms with van der Waals surface area (Å²) in [6, 6.07) is 3.46. The summed E-state index contributed by atoms with van der Waals surface area (Å²) in [5, 5.41) is 13.0. The first-order chi connectivity index (χ1) is 14.0. The molecule has 0 saturated carbocycles. The molecule has 14 heteroatoms. The molecule has 12 nitrogen and oxygen atoms in total. The van der Waals surface area contributed by atoms with Gasteiger partial charge in [0, 0.05) is 30.5 Å². The molecule has 0 fully saturated rings. The predicted octanol–water partition coefficient (Wildman–Crippen LogP) is -0.226. The van der Waals surface area contributed by atoms with Crippen LogP contribution >= 0.6 is 0 Å². The Morgan fingerprint density at radius 3 is 2.50 bits per heavy atom. The Morgan fingerprint density at radius 2 is 1.93 bits per heavy atom. The van der Waals surface area contributed by atoms with Gasteiger partial charge in [-0.3, -0.25) is 4.98 Å². The summed E-state index contributed by atoms with van der Waals surface area (Å²) in [5.41, 5.74) is 12.2. The van der Waals surface area contributed by atoms with Crippen molar-refractivity contribution in [2.75, 3.05) is 18.9 Å². The molecule has 0 bridgehead atoms. The average molecular weight is 453 g/mol. The molecule has 3 rings (SSSR count). The smallest absolute Gasteiger partial charge is 0.242 e. The zero-order valence-electron chi connectivity index (χ0n) is 15.8. The fourth-order valence-corrected chi connectivity index (χ4v) is 5.72. The van der Waals surface area contributed by atoms with Gasteiger partial charge in [-0.1, -0.05) is 6.07 Å². The number of primary sulfonamides is 1. The normalized spacial score (nSPS) is 15.2. The summed E-state index contributed by atoms with van der Waals surface area (Å²) < 4.78 is 53.3. The highest BCUT2D eigenvalue weighted by Crippen LogP contribution is 2.35. The molecule has 0 unspecified atom stereocenters. The van der Waals surface area contributed by atoms with Gasteiger partial charge in [0.15, 0.2) is 12.5 Å². The summed E-state index contributed by atoms with van der Waals surface area (Å²) in [7, 11) is -8.85. The van der Waals surface area contributed by atoms with E-state index in [1.165, 1.54) is 25.4 Å². The summed E-state index contributed by atoms with van der Waals surface area (Å²) in [5.74, 6) is -0.0691. The first kappa shape index (κ1) is 21.9. The van der Waals surface area contributed by atoms with Gasteiger partial charge in [0.05, 0.1) is 11.3 Å². The van der Waals surface area contributed by atoms with E-state index < -0.39 is 35.9 Å². The van der Waals surface area contributed by atoms with Gasteiger partial charge >= 0.3 is 0 Å². The first-order valence-electron chi connectivity index (χ1n) is 8.60. The largest absolute Gasteiger partial charge is 0.397 e. The van der Waals surface area contributed by atoms with Crippen molar-refractivity contribution >= 4 is 31.6 Å². The molecule has 1 aromatic carbocycles. The Kier molecular flexibility index (Phi) is 5.96. The number of sulfonamides is 2. The zero-order valence-corrected chi connectivity index (χ0v) is 17.5. The van der Waals surface area contributed by atoms with Crippen LogP contribution in [0.15, 0.2) is 55.6 Å². The average Bonchev–Trinajstić information content (AvgIpc) is 3.20. The van der Waals surface area contributed by atoms with E-state index in [9.17, 15) is 16.8 Å². The monoisotopic (exact) mass is 452 g/mol. The van der Waals surface area contributed by atoms with E-state index in [0.29, 0.717) is 11.3 Å². The maximum Gasteiger partial charge on any atom is 0.242 e. The van der Waals surface area contributed by atoms with E-state index in [4.69, 9.17) is 16.6 Å². The van der Waals surface area contributed by atoms with E-state index >= 15 is 0 Å². The van der Waals surface area contributed by atoms with Gasteiger partial charge in [0.2, 0.25) is 20.0 Å². The third-order valence-corrected chi connectivity index (χ3v) is 6.90. The van der Waals surface area contributed by atoms with Crippen molar-refractivity contribution in [3.05, 3.63) is 36.2 Å². The summed E-state index contributed by atoms with van der Waals surface area (Å²) in [6.07, 6.45) is 2.85. The highest BCUT2D eigenvalue weighted by molar-refractivity contribution is 7.92. The van der Waals surface area contributed by atoms with E-state index in [-0.39, 0.29) is 30.2 Å². The molecule has 0 aliphatic carbocycles.